The van der Waals surface area contributed by atoms with Gasteiger partial charge in [0, 0.05) is 6.42 Å². The summed E-state index contributed by atoms with van der Waals surface area (Å²) in [5, 5.41) is 8.14. The molecule has 0 spiro atoms. The van der Waals surface area contributed by atoms with Gasteiger partial charge in [0.1, 0.15) is 0 Å². The number of carbonyl (C=O) groups is 1. The van der Waals surface area contributed by atoms with Crippen LogP contribution in [0.25, 0.3) is 0 Å². The molecule has 10 heavy (non-hydrogen) atoms. The fourth-order valence-corrected chi connectivity index (χ4v) is 0.910. The molecule has 0 saturated heterocycles. The lowest BCUT2D eigenvalue weighted by atomic mass is 10.3. The molecule has 0 radical (unpaired) electrons. The van der Waals surface area contributed by atoms with Crippen molar-refractivity contribution in [2.45, 2.75) is 33.1 Å². The fraction of sp³-hybridized carbons (Fsp3) is 0.857. The lowest BCUT2D eigenvalue weighted by Gasteiger charge is -1.89. The number of rotatable bonds is 4. The van der Waals surface area contributed by atoms with Crippen LogP contribution < -0.4 is 0 Å². The van der Waals surface area contributed by atoms with Crippen LogP contribution in [0.15, 0.2) is 0 Å². The van der Waals surface area contributed by atoms with Crippen molar-refractivity contribution in [2.24, 2.45) is 0 Å². The van der Waals surface area contributed by atoms with Gasteiger partial charge in [0.05, 0.1) is 0 Å². The third-order valence-corrected chi connectivity index (χ3v) is 1.54. The summed E-state index contributed by atoms with van der Waals surface area (Å²) in [6.45, 7) is 4.00. The quantitative estimate of drug-likeness (QED) is 0.478. The van der Waals surface area contributed by atoms with Crippen LogP contribution in [0.5, 0.6) is 0 Å². The molecule has 0 aliphatic heterocycles. The van der Waals surface area contributed by atoms with Gasteiger partial charge in [-0.2, -0.15) is 0 Å². The Balaban J connectivity index is 0. The number of carboxylic acid groups (broad SMARTS) is 1. The first-order valence-corrected chi connectivity index (χ1v) is 5.07. The van der Waals surface area contributed by atoms with E-state index in [1.165, 1.54) is 0 Å². The minimum absolute atomic E-state index is 0.322. The van der Waals surface area contributed by atoms with E-state index in [1.54, 1.807) is 0 Å². The maximum atomic E-state index is 9.87. The maximum Gasteiger partial charge on any atom is 0.303 e. The summed E-state index contributed by atoms with van der Waals surface area (Å²) in [5.74, 6) is -0.685. The van der Waals surface area contributed by atoms with E-state index in [-0.39, 0.29) is 0 Å². The van der Waals surface area contributed by atoms with Gasteiger partial charge in [0.25, 0.3) is 0 Å². The zero-order valence-corrected chi connectivity index (χ0v) is 8.72. The van der Waals surface area contributed by atoms with Crippen LogP contribution in [-0.2, 0) is 4.79 Å². The standard InChI is InChI=1S/C5H9IO2.C2H6/c6-4-2-1-3-5(7)8;1-2/h1-4H2,(H,7,8);1-2H3. The van der Waals surface area contributed by atoms with Crippen LogP contribution in [0, 0.1) is 0 Å². The Kier molecular flexibility index (Phi) is 15.3. The van der Waals surface area contributed by atoms with Crippen molar-refractivity contribution in [3.63, 3.8) is 0 Å². The Bertz CT molecular complexity index is 74.0. The van der Waals surface area contributed by atoms with Crippen LogP contribution in [-0.4, -0.2) is 15.5 Å². The molecule has 0 heterocycles. The second-order valence-corrected chi connectivity index (χ2v) is 2.62. The topological polar surface area (TPSA) is 37.3 Å². The van der Waals surface area contributed by atoms with E-state index in [9.17, 15) is 4.79 Å². The first-order valence-electron chi connectivity index (χ1n) is 3.55. The van der Waals surface area contributed by atoms with Gasteiger partial charge in [0.2, 0.25) is 0 Å². The molecule has 0 aromatic rings. The molecule has 62 valence electrons. The summed E-state index contributed by atoms with van der Waals surface area (Å²) in [6.07, 6.45) is 2.16. The number of carboxylic acids is 1. The summed E-state index contributed by atoms with van der Waals surface area (Å²) in [5.41, 5.74) is 0. The number of aliphatic carboxylic acids is 1. The average molecular weight is 258 g/mol. The van der Waals surface area contributed by atoms with Gasteiger partial charge in [-0.05, 0) is 17.3 Å². The molecule has 0 fully saturated rings. The monoisotopic (exact) mass is 258 g/mol. The first-order chi connectivity index (χ1) is 4.77. The van der Waals surface area contributed by atoms with E-state index in [1.807, 2.05) is 13.8 Å². The molecule has 3 heteroatoms. The minimum Gasteiger partial charge on any atom is -0.481 e. The van der Waals surface area contributed by atoms with E-state index in [2.05, 4.69) is 22.6 Å². The predicted octanol–water partition coefficient (Wildman–Crippen LogP) is 2.70. The van der Waals surface area contributed by atoms with Crippen molar-refractivity contribution in [2.75, 3.05) is 4.43 Å². The highest BCUT2D eigenvalue weighted by atomic mass is 127. The van der Waals surface area contributed by atoms with E-state index in [0.29, 0.717) is 6.42 Å². The number of hydrogen-bond donors (Lipinski definition) is 1. The SMILES string of the molecule is CC.O=C(O)CCCCI. The van der Waals surface area contributed by atoms with Crippen LogP contribution in [0.1, 0.15) is 33.1 Å². The molecule has 0 aromatic heterocycles. The van der Waals surface area contributed by atoms with Crippen molar-refractivity contribution in [3.05, 3.63) is 0 Å². The number of unbranched alkanes of at least 4 members (excludes halogenated alkanes) is 1. The molecule has 0 atom stereocenters. The van der Waals surface area contributed by atoms with Gasteiger partial charge in [-0.3, -0.25) is 4.79 Å². The molecular formula is C7H15IO2. The highest BCUT2D eigenvalue weighted by Gasteiger charge is 1.93. The van der Waals surface area contributed by atoms with Gasteiger partial charge in [-0.25, -0.2) is 0 Å². The van der Waals surface area contributed by atoms with E-state index >= 15 is 0 Å². The molecule has 0 bridgehead atoms. The minimum atomic E-state index is -0.685. The number of hydrogen-bond acceptors (Lipinski definition) is 1. The summed E-state index contributed by atoms with van der Waals surface area (Å²) >= 11 is 2.24. The third-order valence-electron chi connectivity index (χ3n) is 0.774. The van der Waals surface area contributed by atoms with Gasteiger partial charge in [-0.1, -0.05) is 36.4 Å². The summed E-state index contributed by atoms with van der Waals surface area (Å²) in [4.78, 5) is 9.87. The average Bonchev–Trinajstić information content (AvgIpc) is 1.92. The Hall–Kier alpha value is 0.200. The summed E-state index contributed by atoms with van der Waals surface area (Å²) < 4.78 is 1.06. The molecule has 0 aliphatic rings. The lowest BCUT2D eigenvalue weighted by Crippen LogP contribution is -1.93. The Morgan fingerprint density at radius 3 is 2.20 bits per heavy atom. The van der Waals surface area contributed by atoms with Crippen LogP contribution in [0.4, 0.5) is 0 Å². The van der Waals surface area contributed by atoms with E-state index in [4.69, 9.17) is 5.11 Å². The van der Waals surface area contributed by atoms with Gasteiger partial charge in [-0.15, -0.1) is 0 Å². The molecule has 2 nitrogen and oxygen atoms in total. The van der Waals surface area contributed by atoms with Crippen LogP contribution in [0.3, 0.4) is 0 Å². The summed E-state index contributed by atoms with van der Waals surface area (Å²) in [6, 6.07) is 0. The van der Waals surface area contributed by atoms with Crippen molar-refractivity contribution in [1.82, 2.24) is 0 Å². The zero-order valence-electron chi connectivity index (χ0n) is 6.56. The second kappa shape index (κ2) is 11.9. The van der Waals surface area contributed by atoms with Crippen molar-refractivity contribution >= 4 is 28.6 Å². The molecule has 0 aliphatic carbocycles. The smallest absolute Gasteiger partial charge is 0.303 e. The van der Waals surface area contributed by atoms with Crippen molar-refractivity contribution in [3.8, 4) is 0 Å². The van der Waals surface area contributed by atoms with Gasteiger partial charge in [0.15, 0.2) is 0 Å². The highest BCUT2D eigenvalue weighted by molar-refractivity contribution is 14.1. The third kappa shape index (κ3) is 15.7. The first kappa shape index (κ1) is 12.8. The van der Waals surface area contributed by atoms with Gasteiger partial charge < -0.3 is 5.11 Å². The second-order valence-electron chi connectivity index (χ2n) is 1.54. The predicted molar refractivity (Wildman–Crippen MR) is 51.7 cm³/mol. The molecule has 0 saturated carbocycles. The van der Waals surface area contributed by atoms with Crippen LogP contribution in [0.2, 0.25) is 0 Å². The highest BCUT2D eigenvalue weighted by Crippen LogP contribution is 1.97. The molecule has 1 N–H and O–H groups in total. The van der Waals surface area contributed by atoms with Crippen molar-refractivity contribution in [1.29, 1.82) is 0 Å². The lowest BCUT2D eigenvalue weighted by molar-refractivity contribution is -0.137. The largest absolute Gasteiger partial charge is 0.481 e. The molecule has 0 rings (SSSR count). The molecule has 0 unspecified atom stereocenters. The van der Waals surface area contributed by atoms with E-state index in [0.717, 1.165) is 17.3 Å². The normalized spacial score (nSPS) is 7.90. The Morgan fingerprint density at radius 2 is 1.90 bits per heavy atom. The molecule has 0 amide bonds. The van der Waals surface area contributed by atoms with Crippen molar-refractivity contribution < 1.29 is 9.90 Å². The molecule has 0 aromatic carbocycles. The van der Waals surface area contributed by atoms with Gasteiger partial charge >= 0.3 is 5.97 Å². The van der Waals surface area contributed by atoms with Crippen LogP contribution >= 0.6 is 22.6 Å². The summed E-state index contributed by atoms with van der Waals surface area (Å²) in [7, 11) is 0. The Morgan fingerprint density at radius 1 is 1.40 bits per heavy atom. The fourth-order valence-electron chi connectivity index (χ4n) is 0.371. The molecular weight excluding hydrogens is 243 g/mol. The zero-order chi connectivity index (χ0) is 8.41. The maximum absolute atomic E-state index is 9.87. The number of halogens is 1. The number of alkyl halides is 1. The Labute approximate surface area is 76.2 Å². The van der Waals surface area contributed by atoms with E-state index < -0.39 is 5.97 Å².